The van der Waals surface area contributed by atoms with Crippen molar-refractivity contribution in [2.45, 2.75) is 158 Å². The first-order valence-electron chi connectivity index (χ1n) is 22.2. The minimum absolute atomic E-state index is 0.0172. The van der Waals surface area contributed by atoms with Crippen LogP contribution in [0.5, 0.6) is 11.5 Å². The summed E-state index contributed by atoms with van der Waals surface area (Å²) in [5, 5.41) is 41.0. The number of rotatable bonds is 15. The number of allylic oxidation sites excluding steroid dienone is 2. The van der Waals surface area contributed by atoms with Crippen molar-refractivity contribution in [3.8, 4) is 23.3 Å². The largest absolute Gasteiger partial charge is 0.504 e. The maximum absolute atomic E-state index is 13.8. The van der Waals surface area contributed by atoms with Crippen LogP contribution in [0.4, 0.5) is 0 Å². The minimum Gasteiger partial charge on any atom is -0.504 e. The first-order chi connectivity index (χ1) is 28.1. The number of ketones is 2. The average Bonchev–Trinajstić information content (AvgIpc) is 3.75. The molecule has 314 valence electrons. The van der Waals surface area contributed by atoms with Gasteiger partial charge in [-0.3, -0.25) is 9.59 Å². The zero-order chi connectivity index (χ0) is 40.6. The number of ether oxygens (including phenoxy) is 1. The second-order valence-corrected chi connectivity index (χ2v) is 18.0. The van der Waals surface area contributed by atoms with E-state index in [9.17, 15) is 24.9 Å². The molecule has 3 heterocycles. The van der Waals surface area contributed by atoms with Crippen molar-refractivity contribution >= 4 is 11.6 Å². The number of unbranched alkanes of at least 4 members (excludes halogenated alkanes) is 1. The lowest BCUT2D eigenvalue weighted by atomic mass is 9.62. The SMILES string of the molecule is COc1cc2c(cc1O)C(CCC(O)CCC1=C(Cc3cc[nH]c3)CNC(N)=C1)C#CC(C(O)CCCCC1CC3CCC(=O)CC3NC13CCCCC3)C(=O)CC2. The number of dihydropyridines is 1. The van der Waals surface area contributed by atoms with Crippen LogP contribution in [0.15, 0.2) is 53.6 Å². The number of aliphatic hydroxyl groups is 2. The van der Waals surface area contributed by atoms with Gasteiger partial charge in [-0.1, -0.05) is 43.9 Å². The van der Waals surface area contributed by atoms with Gasteiger partial charge in [0, 0.05) is 55.7 Å². The van der Waals surface area contributed by atoms with Crippen LogP contribution in [0, 0.1) is 29.6 Å². The number of hydrogen-bond donors (Lipinski definition) is 7. The van der Waals surface area contributed by atoms with Crippen LogP contribution in [0.3, 0.4) is 0 Å². The van der Waals surface area contributed by atoms with E-state index in [-0.39, 0.29) is 29.4 Å². The molecule has 10 heteroatoms. The molecule has 1 spiro atoms. The lowest BCUT2D eigenvalue weighted by Gasteiger charge is -2.54. The summed E-state index contributed by atoms with van der Waals surface area (Å²) < 4.78 is 5.45. The first kappa shape index (κ1) is 42.1. The van der Waals surface area contributed by atoms with Gasteiger partial charge in [-0.05, 0) is 141 Å². The van der Waals surface area contributed by atoms with Crippen molar-refractivity contribution in [2.24, 2.45) is 23.5 Å². The summed E-state index contributed by atoms with van der Waals surface area (Å²) in [6.07, 6.45) is 21.4. The van der Waals surface area contributed by atoms with Gasteiger partial charge in [0.15, 0.2) is 17.3 Å². The maximum atomic E-state index is 13.8. The van der Waals surface area contributed by atoms with Crippen LogP contribution in [0.1, 0.15) is 138 Å². The smallest absolute Gasteiger partial charge is 0.160 e. The summed E-state index contributed by atoms with van der Waals surface area (Å²) in [4.78, 5) is 29.2. The number of aliphatic hydroxyl groups excluding tert-OH is 2. The molecule has 58 heavy (non-hydrogen) atoms. The number of nitrogens with two attached hydrogens (primary N) is 1. The molecule has 0 bridgehead atoms. The van der Waals surface area contributed by atoms with E-state index in [0.717, 1.165) is 48.8 Å². The fourth-order valence-electron chi connectivity index (χ4n) is 10.9. The molecule has 1 aromatic carbocycles. The molecule has 10 nitrogen and oxygen atoms in total. The third-order valence-electron chi connectivity index (χ3n) is 14.2. The molecule has 8 N–H and O–H groups in total. The van der Waals surface area contributed by atoms with Crippen molar-refractivity contribution in [3.63, 3.8) is 0 Å². The standard InChI is InChI=1S/C48H66N4O6/c1-58-46-25-34-13-18-44(56)40(43(55)8-4-3-7-37-24-35-11-16-39(54)27-42(35)52-48(37)20-5-2-6-21-48)17-12-32(41(34)28-45(46)57)9-14-38(53)15-10-33-26-47(49)51-30-36(33)23-31-19-22-50-29-31/h19,22,25-26,28-29,32,35,37-38,40,42-43,50-53,55,57H,2-11,13-16,18,20-21,23-24,27,30,49H2,1H3. The summed E-state index contributed by atoms with van der Waals surface area (Å²) in [7, 11) is 1.51. The molecule has 0 radical (unpaired) electrons. The number of H-pyrrole nitrogens is 1. The van der Waals surface area contributed by atoms with E-state index in [0.29, 0.717) is 93.1 Å². The lowest BCUT2D eigenvalue weighted by Crippen LogP contribution is -2.63. The van der Waals surface area contributed by atoms with Crippen LogP contribution in [0.25, 0.3) is 0 Å². The molecule has 2 aliphatic heterocycles. The number of piperidine rings is 1. The number of aromatic amines is 1. The Morgan fingerprint density at radius 2 is 1.86 bits per heavy atom. The molecule has 2 saturated carbocycles. The Morgan fingerprint density at radius 3 is 2.66 bits per heavy atom. The van der Waals surface area contributed by atoms with Crippen LogP contribution in [-0.2, 0) is 22.4 Å². The highest BCUT2D eigenvalue weighted by atomic mass is 16.5. The van der Waals surface area contributed by atoms with E-state index in [1.807, 2.05) is 18.5 Å². The van der Waals surface area contributed by atoms with Gasteiger partial charge in [0.05, 0.1) is 25.1 Å². The van der Waals surface area contributed by atoms with Gasteiger partial charge in [0.1, 0.15) is 11.7 Å². The molecule has 7 atom stereocenters. The molecule has 7 rings (SSSR count). The second kappa shape index (κ2) is 19.4. The second-order valence-electron chi connectivity index (χ2n) is 18.0. The van der Waals surface area contributed by atoms with E-state index in [2.05, 4.69) is 33.5 Å². The van der Waals surface area contributed by atoms with Gasteiger partial charge < -0.3 is 41.4 Å². The predicted molar refractivity (Wildman–Crippen MR) is 226 cm³/mol. The van der Waals surface area contributed by atoms with Gasteiger partial charge in [0.25, 0.3) is 0 Å². The number of carbonyl (C=O) groups is 2. The molecule has 7 unspecified atom stereocenters. The molecule has 1 saturated heterocycles. The number of aromatic hydroxyl groups is 1. The summed E-state index contributed by atoms with van der Waals surface area (Å²) >= 11 is 0. The topological polar surface area (TPSA) is 170 Å². The van der Waals surface area contributed by atoms with Gasteiger partial charge >= 0.3 is 0 Å². The van der Waals surface area contributed by atoms with Crippen LogP contribution in [-0.4, -0.2) is 69.3 Å². The molecule has 2 aromatic rings. The van der Waals surface area contributed by atoms with E-state index in [4.69, 9.17) is 10.5 Å². The van der Waals surface area contributed by atoms with E-state index in [1.165, 1.54) is 56.8 Å². The summed E-state index contributed by atoms with van der Waals surface area (Å²) in [5.41, 5.74) is 11.6. The number of nitrogens with one attached hydrogen (secondary N) is 3. The van der Waals surface area contributed by atoms with Crippen LogP contribution < -0.4 is 21.1 Å². The molecule has 3 aliphatic carbocycles. The zero-order valence-electron chi connectivity index (χ0n) is 34.5. The highest BCUT2D eigenvalue weighted by Crippen LogP contribution is 2.47. The maximum Gasteiger partial charge on any atom is 0.160 e. The minimum atomic E-state index is -0.864. The summed E-state index contributed by atoms with van der Waals surface area (Å²) in [6.45, 7) is 0.676. The number of hydrogen-bond acceptors (Lipinski definition) is 9. The van der Waals surface area contributed by atoms with E-state index in [1.54, 1.807) is 12.1 Å². The number of benzene rings is 1. The van der Waals surface area contributed by atoms with Gasteiger partial charge in [-0.25, -0.2) is 0 Å². The normalized spacial score (nSPS) is 26.8. The monoisotopic (exact) mass is 794 g/mol. The first-order valence-corrected chi connectivity index (χ1v) is 22.2. The molecule has 5 aliphatic rings. The number of phenols is 1. The third-order valence-corrected chi connectivity index (χ3v) is 14.2. The number of Topliss-reactive ketones (excluding diaryl/α,β-unsaturated/α-hetero) is 2. The fourth-order valence-corrected chi connectivity index (χ4v) is 10.9. The van der Waals surface area contributed by atoms with E-state index < -0.39 is 18.1 Å². The predicted octanol–water partition coefficient (Wildman–Crippen LogP) is 6.78. The van der Waals surface area contributed by atoms with Crippen molar-refractivity contribution < 1.29 is 29.6 Å². The Bertz CT molecular complexity index is 1870. The van der Waals surface area contributed by atoms with Crippen molar-refractivity contribution in [2.75, 3.05) is 13.7 Å². The Labute approximate surface area is 344 Å². The number of methoxy groups -OCH3 is 1. The Hall–Kier alpha value is -4.04. The van der Waals surface area contributed by atoms with Crippen LogP contribution in [0.2, 0.25) is 0 Å². The fraction of sp³-hybridized carbons (Fsp3) is 0.625. The van der Waals surface area contributed by atoms with Gasteiger partial charge in [-0.15, -0.1) is 0 Å². The van der Waals surface area contributed by atoms with Gasteiger partial charge in [-0.2, -0.15) is 0 Å². The number of aryl methyl sites for hydroxylation is 1. The summed E-state index contributed by atoms with van der Waals surface area (Å²) in [6, 6.07) is 5.91. The Morgan fingerprint density at radius 1 is 1.02 bits per heavy atom. The highest BCUT2D eigenvalue weighted by molar-refractivity contribution is 5.85. The Kier molecular flexibility index (Phi) is 14.0. The molecular weight excluding hydrogens is 729 g/mol. The van der Waals surface area contributed by atoms with Gasteiger partial charge in [0.2, 0.25) is 0 Å². The molecular formula is C48H66N4O6. The number of carbonyl (C=O) groups excluding carboxylic acids is 2. The number of aromatic nitrogens is 1. The average molecular weight is 795 g/mol. The van der Waals surface area contributed by atoms with Crippen LogP contribution >= 0.6 is 0 Å². The zero-order valence-corrected chi connectivity index (χ0v) is 34.5. The molecule has 3 fully saturated rings. The molecule has 0 amide bonds. The lowest BCUT2D eigenvalue weighted by molar-refractivity contribution is -0.124. The number of fused-ring (bicyclic) bond motifs is 2. The highest BCUT2D eigenvalue weighted by Gasteiger charge is 2.48. The molecule has 1 aromatic heterocycles. The number of phenolic OH excluding ortho intramolecular Hbond substituents is 1. The Balaban J connectivity index is 0.995. The van der Waals surface area contributed by atoms with Crippen molar-refractivity contribution in [1.29, 1.82) is 0 Å². The summed E-state index contributed by atoms with van der Waals surface area (Å²) in [5.74, 6) is 7.98. The van der Waals surface area contributed by atoms with Crippen molar-refractivity contribution in [3.05, 3.63) is 70.3 Å². The quantitative estimate of drug-likeness (QED) is 0.0759. The van der Waals surface area contributed by atoms with Crippen molar-refractivity contribution in [1.82, 2.24) is 15.6 Å². The van der Waals surface area contributed by atoms with E-state index >= 15 is 0 Å². The third kappa shape index (κ3) is 10.2.